The van der Waals surface area contributed by atoms with Crippen LogP contribution in [0.1, 0.15) is 0 Å². The monoisotopic (exact) mass is 430 g/mol. The van der Waals surface area contributed by atoms with Crippen molar-refractivity contribution in [2.24, 2.45) is 0 Å². The number of sulfone groups is 1. The third-order valence-electron chi connectivity index (χ3n) is 4.21. The van der Waals surface area contributed by atoms with Crippen LogP contribution in [-0.4, -0.2) is 44.2 Å². The number of hydrogen-bond acceptors (Lipinski definition) is 6. The van der Waals surface area contributed by atoms with Crippen LogP contribution >= 0.6 is 11.8 Å². The van der Waals surface area contributed by atoms with Gasteiger partial charge in [-0.25, -0.2) is 8.42 Å². The van der Waals surface area contributed by atoms with Crippen molar-refractivity contribution >= 4 is 21.6 Å². The van der Waals surface area contributed by atoms with Crippen LogP contribution in [0.5, 0.6) is 5.75 Å². The average molecular weight is 431 g/mol. The zero-order valence-corrected chi connectivity index (χ0v) is 17.3. The van der Waals surface area contributed by atoms with E-state index in [9.17, 15) is 8.42 Å². The molecule has 0 unspecified atom stereocenters. The number of aliphatic hydroxyl groups is 2. The van der Waals surface area contributed by atoms with Gasteiger partial charge in [-0.1, -0.05) is 24.3 Å². The molecule has 0 bridgehead atoms. The Hall–Kier alpha value is -2.32. The highest BCUT2D eigenvalue weighted by molar-refractivity contribution is 7.99. The van der Waals surface area contributed by atoms with Gasteiger partial charge in [0.05, 0.1) is 23.0 Å². The van der Waals surface area contributed by atoms with Crippen LogP contribution in [0.3, 0.4) is 0 Å². The maximum absolute atomic E-state index is 12.8. The van der Waals surface area contributed by atoms with E-state index < -0.39 is 9.84 Å². The van der Waals surface area contributed by atoms with Crippen molar-refractivity contribution in [3.63, 3.8) is 0 Å². The number of ether oxygens (including phenoxy) is 1. The lowest BCUT2D eigenvalue weighted by Crippen LogP contribution is -2.04. The van der Waals surface area contributed by atoms with Crippen molar-refractivity contribution < 1.29 is 23.4 Å². The molecule has 5 nitrogen and oxygen atoms in total. The highest BCUT2D eigenvalue weighted by atomic mass is 32.2. The zero-order valence-electron chi connectivity index (χ0n) is 15.7. The van der Waals surface area contributed by atoms with Gasteiger partial charge in [0.25, 0.3) is 0 Å². The van der Waals surface area contributed by atoms with Crippen molar-refractivity contribution in [2.45, 2.75) is 14.7 Å². The molecule has 0 aliphatic heterocycles. The van der Waals surface area contributed by atoms with Gasteiger partial charge in [0.15, 0.2) is 0 Å². The highest BCUT2D eigenvalue weighted by Gasteiger charge is 2.17. The van der Waals surface area contributed by atoms with Gasteiger partial charge in [-0.05, 0) is 59.7 Å². The van der Waals surface area contributed by atoms with E-state index in [1.807, 2.05) is 24.3 Å². The van der Waals surface area contributed by atoms with E-state index in [1.165, 1.54) is 12.1 Å². The van der Waals surface area contributed by atoms with Gasteiger partial charge in [0.2, 0.25) is 9.84 Å². The predicted octanol–water partition coefficient (Wildman–Crippen LogP) is 3.64. The second-order valence-electron chi connectivity index (χ2n) is 6.17. The van der Waals surface area contributed by atoms with E-state index in [2.05, 4.69) is 0 Å². The van der Waals surface area contributed by atoms with E-state index in [0.717, 1.165) is 16.0 Å². The minimum absolute atomic E-state index is 0.101. The van der Waals surface area contributed by atoms with Gasteiger partial charge in [0.1, 0.15) is 12.4 Å². The molecule has 152 valence electrons. The Kier molecular flexibility index (Phi) is 7.33. The second-order valence-corrected chi connectivity index (χ2v) is 9.29. The molecule has 3 aromatic rings. The number of benzene rings is 3. The van der Waals surface area contributed by atoms with Crippen LogP contribution in [-0.2, 0) is 9.84 Å². The third kappa shape index (κ3) is 5.39. The van der Waals surface area contributed by atoms with Gasteiger partial charge in [0, 0.05) is 10.6 Å². The number of thioether (sulfide) groups is 1. The molecule has 29 heavy (non-hydrogen) atoms. The Balaban J connectivity index is 1.76. The molecule has 0 heterocycles. The Morgan fingerprint density at radius 2 is 1.24 bits per heavy atom. The summed E-state index contributed by atoms with van der Waals surface area (Å²) in [7, 11) is -3.62. The summed E-state index contributed by atoms with van der Waals surface area (Å²) in [5, 5.41) is 17.7. The molecule has 0 fully saturated rings. The van der Waals surface area contributed by atoms with Gasteiger partial charge in [-0.2, -0.15) is 0 Å². The minimum atomic E-state index is -3.62. The molecule has 0 aliphatic carbocycles. The average Bonchev–Trinajstić information content (AvgIpc) is 2.77. The van der Waals surface area contributed by atoms with Gasteiger partial charge in [-0.15, -0.1) is 11.8 Å². The molecule has 0 amide bonds. The molecule has 0 spiro atoms. The molecule has 3 rings (SSSR count). The highest BCUT2D eigenvalue weighted by Crippen LogP contribution is 2.28. The summed E-state index contributed by atoms with van der Waals surface area (Å²) < 4.78 is 31.0. The SMILES string of the molecule is O=S(=O)(c1ccc(OCCO)cc1)c1ccc(-c2ccc(SCCO)cc2)cc1. The summed E-state index contributed by atoms with van der Waals surface area (Å²) in [6, 6.07) is 20.9. The maximum atomic E-state index is 12.8. The van der Waals surface area contributed by atoms with E-state index >= 15 is 0 Å². The molecule has 0 aromatic heterocycles. The van der Waals surface area contributed by atoms with Gasteiger partial charge < -0.3 is 14.9 Å². The first kappa shape index (κ1) is 21.4. The predicted molar refractivity (Wildman–Crippen MR) is 114 cm³/mol. The molecule has 0 saturated carbocycles. The van der Waals surface area contributed by atoms with Crippen LogP contribution in [0.15, 0.2) is 87.5 Å². The Bertz CT molecular complexity index is 1010. The fourth-order valence-corrected chi connectivity index (χ4v) is 4.66. The molecule has 7 heteroatoms. The van der Waals surface area contributed by atoms with E-state index in [0.29, 0.717) is 11.5 Å². The number of rotatable bonds is 9. The van der Waals surface area contributed by atoms with E-state index in [4.69, 9.17) is 14.9 Å². The van der Waals surface area contributed by atoms with Crippen molar-refractivity contribution in [1.29, 1.82) is 0 Å². The van der Waals surface area contributed by atoms with E-state index in [1.54, 1.807) is 48.2 Å². The van der Waals surface area contributed by atoms with Crippen molar-refractivity contribution in [2.75, 3.05) is 25.6 Å². The zero-order chi connectivity index (χ0) is 20.7. The molecule has 2 N–H and O–H groups in total. The normalized spacial score (nSPS) is 11.4. The molecular weight excluding hydrogens is 408 g/mol. The third-order valence-corrected chi connectivity index (χ3v) is 6.98. The first-order valence-corrected chi connectivity index (χ1v) is 11.5. The van der Waals surface area contributed by atoms with Gasteiger partial charge in [-0.3, -0.25) is 0 Å². The van der Waals surface area contributed by atoms with Crippen LogP contribution in [0.4, 0.5) is 0 Å². The standard InChI is InChI=1S/C22H22O5S2/c23-13-15-27-19-5-11-22(12-6-19)29(25,26)21-9-3-18(4-10-21)17-1-7-20(8-2-17)28-16-14-24/h1-12,23-24H,13-16H2. The summed E-state index contributed by atoms with van der Waals surface area (Å²) in [5.41, 5.74) is 1.92. The summed E-state index contributed by atoms with van der Waals surface area (Å²) in [5.74, 6) is 1.16. The summed E-state index contributed by atoms with van der Waals surface area (Å²) in [6.45, 7) is 0.200. The second kappa shape index (κ2) is 9.93. The largest absolute Gasteiger partial charge is 0.491 e. The molecule has 3 aromatic carbocycles. The fourth-order valence-electron chi connectivity index (χ4n) is 2.75. The van der Waals surface area contributed by atoms with Crippen LogP contribution < -0.4 is 4.74 Å². The van der Waals surface area contributed by atoms with Crippen LogP contribution in [0.25, 0.3) is 11.1 Å². The number of aliphatic hydroxyl groups excluding tert-OH is 2. The molecule has 0 atom stereocenters. The Morgan fingerprint density at radius 3 is 1.76 bits per heavy atom. The van der Waals surface area contributed by atoms with E-state index in [-0.39, 0.29) is 29.6 Å². The lowest BCUT2D eigenvalue weighted by molar-refractivity contribution is 0.201. The topological polar surface area (TPSA) is 83.8 Å². The molecule has 0 saturated heterocycles. The molecule has 0 radical (unpaired) electrons. The summed E-state index contributed by atoms with van der Waals surface area (Å²) in [6.07, 6.45) is 0. The lowest BCUT2D eigenvalue weighted by atomic mass is 10.1. The maximum Gasteiger partial charge on any atom is 0.206 e. The molecular formula is C22H22O5S2. The smallest absolute Gasteiger partial charge is 0.206 e. The van der Waals surface area contributed by atoms with Crippen LogP contribution in [0, 0.1) is 0 Å². The van der Waals surface area contributed by atoms with Crippen LogP contribution in [0.2, 0.25) is 0 Å². The minimum Gasteiger partial charge on any atom is -0.491 e. The Morgan fingerprint density at radius 1 is 0.724 bits per heavy atom. The fraction of sp³-hybridized carbons (Fsp3) is 0.182. The first-order chi connectivity index (χ1) is 14.0. The number of hydrogen-bond donors (Lipinski definition) is 2. The summed E-state index contributed by atoms with van der Waals surface area (Å²) in [4.78, 5) is 1.49. The lowest BCUT2D eigenvalue weighted by Gasteiger charge is -2.09. The van der Waals surface area contributed by atoms with Crippen molar-refractivity contribution in [3.05, 3.63) is 72.8 Å². The molecule has 0 aliphatic rings. The van der Waals surface area contributed by atoms with Crippen molar-refractivity contribution in [1.82, 2.24) is 0 Å². The van der Waals surface area contributed by atoms with Crippen molar-refractivity contribution in [3.8, 4) is 16.9 Å². The Labute approximate surface area is 174 Å². The summed E-state index contributed by atoms with van der Waals surface area (Å²) >= 11 is 1.58. The first-order valence-electron chi connectivity index (χ1n) is 9.07. The van der Waals surface area contributed by atoms with Gasteiger partial charge >= 0.3 is 0 Å². The quantitative estimate of drug-likeness (QED) is 0.504.